The molecule has 0 aliphatic heterocycles. The maximum Gasteiger partial charge on any atom is 0.320 e. The molecule has 1 heterocycles. The molecule has 16 heavy (non-hydrogen) atoms. The molecule has 0 aliphatic carbocycles. The van der Waals surface area contributed by atoms with Crippen LogP contribution in [-0.4, -0.2) is 17.1 Å². The molecular weight excluding hydrogens is 206 g/mol. The molecule has 3 N–H and O–H groups in total. The van der Waals surface area contributed by atoms with Crippen molar-refractivity contribution in [1.82, 2.24) is 0 Å². The normalized spacial score (nSPS) is 12.8. The number of carboxylic acids is 1. The van der Waals surface area contributed by atoms with E-state index in [0.29, 0.717) is 12.8 Å². The van der Waals surface area contributed by atoms with E-state index in [2.05, 4.69) is 0 Å². The van der Waals surface area contributed by atoms with Crippen LogP contribution in [0.1, 0.15) is 12.2 Å². The van der Waals surface area contributed by atoms with Crippen LogP contribution in [-0.2, 0) is 11.2 Å². The average Bonchev–Trinajstić information content (AvgIpc) is 2.68. The minimum atomic E-state index is -0.976. The van der Waals surface area contributed by atoms with Gasteiger partial charge in [-0.25, -0.2) is 0 Å². The van der Waals surface area contributed by atoms with E-state index in [1.807, 2.05) is 30.3 Å². The first-order chi connectivity index (χ1) is 7.66. The Labute approximate surface area is 92.7 Å². The van der Waals surface area contributed by atoms with Gasteiger partial charge in [-0.1, -0.05) is 18.2 Å². The zero-order chi connectivity index (χ0) is 11.5. The van der Waals surface area contributed by atoms with Gasteiger partial charge in [0, 0.05) is 11.8 Å². The molecule has 0 spiro atoms. The molecule has 2 rings (SSSR count). The van der Waals surface area contributed by atoms with Crippen LogP contribution in [0.15, 0.2) is 34.7 Å². The highest BCUT2D eigenvalue weighted by atomic mass is 16.4. The Morgan fingerprint density at radius 3 is 2.88 bits per heavy atom. The first kappa shape index (κ1) is 10.7. The van der Waals surface area contributed by atoms with Crippen molar-refractivity contribution >= 4 is 16.9 Å². The summed E-state index contributed by atoms with van der Waals surface area (Å²) >= 11 is 0. The van der Waals surface area contributed by atoms with Gasteiger partial charge in [0.2, 0.25) is 0 Å². The van der Waals surface area contributed by atoms with Crippen LogP contribution in [0, 0.1) is 0 Å². The highest BCUT2D eigenvalue weighted by molar-refractivity contribution is 5.77. The number of aryl methyl sites for hydroxylation is 1. The topological polar surface area (TPSA) is 76.5 Å². The summed E-state index contributed by atoms with van der Waals surface area (Å²) in [5.41, 5.74) is 6.24. The van der Waals surface area contributed by atoms with Crippen LogP contribution in [0.2, 0.25) is 0 Å². The van der Waals surface area contributed by atoms with Crippen LogP contribution >= 0.6 is 0 Å². The van der Waals surface area contributed by atoms with E-state index in [4.69, 9.17) is 15.3 Å². The molecule has 1 aromatic carbocycles. The van der Waals surface area contributed by atoms with Gasteiger partial charge >= 0.3 is 5.97 Å². The van der Waals surface area contributed by atoms with Gasteiger partial charge < -0.3 is 15.3 Å². The minimum absolute atomic E-state index is 0.384. The third kappa shape index (κ3) is 2.23. The van der Waals surface area contributed by atoms with Crippen molar-refractivity contribution in [3.63, 3.8) is 0 Å². The molecular formula is C12H13NO3. The second-order valence-electron chi connectivity index (χ2n) is 3.73. The van der Waals surface area contributed by atoms with Gasteiger partial charge in [-0.3, -0.25) is 4.79 Å². The van der Waals surface area contributed by atoms with Crippen molar-refractivity contribution in [3.8, 4) is 0 Å². The van der Waals surface area contributed by atoms with Crippen molar-refractivity contribution in [2.75, 3.05) is 0 Å². The maximum absolute atomic E-state index is 10.5. The van der Waals surface area contributed by atoms with E-state index >= 15 is 0 Å². The van der Waals surface area contributed by atoms with Crippen molar-refractivity contribution in [2.45, 2.75) is 18.9 Å². The maximum atomic E-state index is 10.5. The molecule has 0 aliphatic rings. The smallest absolute Gasteiger partial charge is 0.320 e. The Kier molecular flexibility index (Phi) is 2.92. The van der Waals surface area contributed by atoms with E-state index < -0.39 is 12.0 Å². The number of rotatable bonds is 4. The van der Waals surface area contributed by atoms with Crippen LogP contribution < -0.4 is 5.73 Å². The Morgan fingerprint density at radius 2 is 2.19 bits per heavy atom. The van der Waals surface area contributed by atoms with Crippen LogP contribution in [0.4, 0.5) is 0 Å². The van der Waals surface area contributed by atoms with Crippen LogP contribution in [0.3, 0.4) is 0 Å². The fraction of sp³-hybridized carbons (Fsp3) is 0.250. The lowest BCUT2D eigenvalue weighted by atomic mass is 10.1. The van der Waals surface area contributed by atoms with Gasteiger partial charge in [-0.05, 0) is 18.6 Å². The molecule has 0 radical (unpaired) electrons. The molecule has 4 heteroatoms. The predicted molar refractivity (Wildman–Crippen MR) is 60.1 cm³/mol. The highest BCUT2D eigenvalue weighted by Gasteiger charge is 2.12. The monoisotopic (exact) mass is 219 g/mol. The van der Waals surface area contributed by atoms with Gasteiger partial charge in [0.1, 0.15) is 17.4 Å². The lowest BCUT2D eigenvalue weighted by molar-refractivity contribution is -0.138. The van der Waals surface area contributed by atoms with Gasteiger partial charge in [-0.2, -0.15) is 0 Å². The Bertz CT molecular complexity index is 471. The second kappa shape index (κ2) is 4.37. The summed E-state index contributed by atoms with van der Waals surface area (Å²) in [6, 6.07) is 8.77. The lowest BCUT2D eigenvalue weighted by Crippen LogP contribution is -2.30. The van der Waals surface area contributed by atoms with Crippen molar-refractivity contribution < 1.29 is 14.3 Å². The molecule has 4 nitrogen and oxygen atoms in total. The number of benzene rings is 1. The number of aliphatic carboxylic acids is 1. The first-order valence-electron chi connectivity index (χ1n) is 5.12. The zero-order valence-electron chi connectivity index (χ0n) is 8.72. The fourth-order valence-corrected chi connectivity index (χ4v) is 1.58. The number of hydrogen-bond acceptors (Lipinski definition) is 3. The molecule has 1 unspecified atom stereocenters. The number of hydrogen-bond donors (Lipinski definition) is 2. The Morgan fingerprint density at radius 1 is 1.44 bits per heavy atom. The minimum Gasteiger partial charge on any atom is -0.480 e. The SMILES string of the molecule is NC(CCc1cc2ccccc2o1)C(=O)O. The van der Waals surface area contributed by atoms with E-state index in [1.54, 1.807) is 0 Å². The van der Waals surface area contributed by atoms with Crippen molar-refractivity contribution in [2.24, 2.45) is 5.73 Å². The summed E-state index contributed by atoms with van der Waals surface area (Å²) in [5, 5.41) is 9.67. The third-order valence-corrected chi connectivity index (χ3v) is 2.50. The van der Waals surface area contributed by atoms with E-state index in [9.17, 15) is 4.79 Å². The summed E-state index contributed by atoms with van der Waals surface area (Å²) in [4.78, 5) is 10.5. The predicted octanol–water partition coefficient (Wildman–Crippen LogP) is 1.78. The first-order valence-corrected chi connectivity index (χ1v) is 5.12. The highest BCUT2D eigenvalue weighted by Crippen LogP contribution is 2.19. The summed E-state index contributed by atoms with van der Waals surface area (Å²) in [7, 11) is 0. The standard InChI is InChI=1S/C12H13NO3/c13-10(12(14)15)6-5-9-7-8-3-1-2-4-11(8)16-9/h1-4,7,10H,5-6,13H2,(H,14,15). The number of para-hydroxylation sites is 1. The molecule has 0 amide bonds. The zero-order valence-corrected chi connectivity index (χ0v) is 8.72. The number of carboxylic acid groups (broad SMARTS) is 1. The van der Waals surface area contributed by atoms with E-state index in [1.165, 1.54) is 0 Å². The quantitative estimate of drug-likeness (QED) is 0.821. The second-order valence-corrected chi connectivity index (χ2v) is 3.73. The van der Waals surface area contributed by atoms with Crippen LogP contribution in [0.25, 0.3) is 11.0 Å². The van der Waals surface area contributed by atoms with Crippen LogP contribution in [0.5, 0.6) is 0 Å². The number of carbonyl (C=O) groups is 1. The molecule has 2 aromatic rings. The Hall–Kier alpha value is -1.81. The van der Waals surface area contributed by atoms with E-state index in [0.717, 1.165) is 16.7 Å². The number of furan rings is 1. The van der Waals surface area contributed by atoms with Crippen molar-refractivity contribution in [3.05, 3.63) is 36.1 Å². The summed E-state index contributed by atoms with van der Waals surface area (Å²) in [5.74, 6) is -0.200. The molecule has 0 saturated heterocycles. The van der Waals surface area contributed by atoms with Crippen molar-refractivity contribution in [1.29, 1.82) is 0 Å². The van der Waals surface area contributed by atoms with Gasteiger partial charge in [0.25, 0.3) is 0 Å². The largest absolute Gasteiger partial charge is 0.480 e. The van der Waals surface area contributed by atoms with Gasteiger partial charge in [0.15, 0.2) is 0 Å². The third-order valence-electron chi connectivity index (χ3n) is 2.50. The summed E-state index contributed by atoms with van der Waals surface area (Å²) < 4.78 is 5.55. The number of nitrogens with two attached hydrogens (primary N) is 1. The molecule has 0 saturated carbocycles. The van der Waals surface area contributed by atoms with Gasteiger partial charge in [0.05, 0.1) is 0 Å². The molecule has 0 fully saturated rings. The molecule has 1 aromatic heterocycles. The average molecular weight is 219 g/mol. The molecule has 84 valence electrons. The van der Waals surface area contributed by atoms with E-state index in [-0.39, 0.29) is 0 Å². The molecule has 0 bridgehead atoms. The van der Waals surface area contributed by atoms with Gasteiger partial charge in [-0.15, -0.1) is 0 Å². The lowest BCUT2D eigenvalue weighted by Gasteiger charge is -2.03. The summed E-state index contributed by atoms with van der Waals surface area (Å²) in [6.07, 6.45) is 0.928. The summed E-state index contributed by atoms with van der Waals surface area (Å²) in [6.45, 7) is 0. The molecule has 1 atom stereocenters. The Balaban J connectivity index is 2.07. The fourth-order valence-electron chi connectivity index (χ4n) is 1.58. The number of fused-ring (bicyclic) bond motifs is 1.